The minimum atomic E-state index is -4.31. The van der Waals surface area contributed by atoms with E-state index in [4.69, 9.17) is 16.0 Å². The number of nitrogens with one attached hydrogen (secondary N) is 2. The molecule has 3 N–H and O–H groups in total. The number of pyridine rings is 1. The number of nitrogens with zero attached hydrogens (tertiary/aromatic N) is 1. The van der Waals surface area contributed by atoms with Crippen molar-refractivity contribution in [2.45, 2.75) is 38.4 Å². The number of amides is 2. The third-order valence-electron chi connectivity index (χ3n) is 3.38. The molecule has 0 saturated heterocycles. The number of halogens is 1. The first kappa shape index (κ1) is 19.2. The second-order valence-electron chi connectivity index (χ2n) is 6.02. The van der Waals surface area contributed by atoms with Crippen molar-refractivity contribution < 1.29 is 22.7 Å². The molecule has 0 saturated carbocycles. The molecule has 136 valence electrons. The van der Waals surface area contributed by atoms with E-state index in [1.54, 1.807) is 26.2 Å². The molecule has 10 heteroatoms. The van der Waals surface area contributed by atoms with Crippen LogP contribution < -0.4 is 10.0 Å². The van der Waals surface area contributed by atoms with Gasteiger partial charge in [0.25, 0.3) is 10.0 Å². The molecule has 2 aromatic heterocycles. The van der Waals surface area contributed by atoms with Crippen LogP contribution in [0.25, 0.3) is 0 Å². The summed E-state index contributed by atoms with van der Waals surface area (Å²) in [5, 5.41) is 11.6. The van der Waals surface area contributed by atoms with Gasteiger partial charge in [0.1, 0.15) is 0 Å². The van der Waals surface area contributed by atoms with E-state index in [1.165, 1.54) is 13.8 Å². The predicted molar refractivity (Wildman–Crippen MR) is 92.0 cm³/mol. The summed E-state index contributed by atoms with van der Waals surface area (Å²) < 4.78 is 31.4. The van der Waals surface area contributed by atoms with Crippen molar-refractivity contribution in [3.63, 3.8) is 0 Å². The van der Waals surface area contributed by atoms with Gasteiger partial charge in [-0.1, -0.05) is 0 Å². The number of aliphatic hydroxyl groups is 1. The number of aryl methyl sites for hydroxylation is 2. The topological polar surface area (TPSA) is 122 Å². The van der Waals surface area contributed by atoms with Gasteiger partial charge in [-0.3, -0.25) is 4.98 Å². The first-order chi connectivity index (χ1) is 11.4. The van der Waals surface area contributed by atoms with Gasteiger partial charge in [-0.25, -0.2) is 9.52 Å². The van der Waals surface area contributed by atoms with Crippen LogP contribution in [0.2, 0.25) is 5.22 Å². The van der Waals surface area contributed by atoms with Crippen molar-refractivity contribution in [2.75, 3.05) is 5.32 Å². The van der Waals surface area contributed by atoms with E-state index in [0.717, 1.165) is 6.07 Å². The number of anilines is 1. The Balaban J connectivity index is 2.23. The Kier molecular flexibility index (Phi) is 5.12. The molecule has 0 spiro atoms. The molecular weight excluding hydrogens is 370 g/mol. The zero-order chi connectivity index (χ0) is 19.0. The van der Waals surface area contributed by atoms with E-state index < -0.39 is 26.7 Å². The van der Waals surface area contributed by atoms with E-state index in [1.807, 2.05) is 4.72 Å². The number of carbonyl (C=O) groups is 1. The summed E-state index contributed by atoms with van der Waals surface area (Å²) in [6.45, 7) is 6.31. The number of hydrogen-bond acceptors (Lipinski definition) is 6. The van der Waals surface area contributed by atoms with E-state index in [-0.39, 0.29) is 10.8 Å². The van der Waals surface area contributed by atoms with Crippen molar-refractivity contribution in [2.24, 2.45) is 0 Å². The number of aromatic nitrogens is 1. The highest BCUT2D eigenvalue weighted by Gasteiger charge is 2.29. The monoisotopic (exact) mass is 387 g/mol. The largest absolute Gasteiger partial charge is 0.431 e. The first-order valence-corrected chi connectivity index (χ1v) is 9.05. The zero-order valence-electron chi connectivity index (χ0n) is 14.0. The van der Waals surface area contributed by atoms with Gasteiger partial charge in [-0.15, -0.1) is 0 Å². The normalized spacial score (nSPS) is 12.1. The zero-order valence-corrected chi connectivity index (χ0v) is 15.6. The Morgan fingerprint density at radius 3 is 2.32 bits per heavy atom. The van der Waals surface area contributed by atoms with Crippen LogP contribution in [0.15, 0.2) is 28.0 Å². The minimum Gasteiger partial charge on any atom is -0.431 e. The van der Waals surface area contributed by atoms with Crippen LogP contribution in [-0.2, 0) is 15.6 Å². The summed E-state index contributed by atoms with van der Waals surface area (Å²) in [6, 6.07) is 0.107. The van der Waals surface area contributed by atoms with Crippen LogP contribution in [0.3, 0.4) is 0 Å². The van der Waals surface area contributed by atoms with Gasteiger partial charge >= 0.3 is 6.03 Å². The summed E-state index contributed by atoms with van der Waals surface area (Å²) in [7, 11) is -4.31. The molecule has 0 unspecified atom stereocenters. The number of hydrogen-bond donors (Lipinski definition) is 3. The van der Waals surface area contributed by atoms with Gasteiger partial charge in [0.15, 0.2) is 0 Å². The molecule has 0 atom stereocenters. The molecule has 0 aliphatic heterocycles. The standard InChI is InChI=1S/C15H18ClN3O5S/c1-8-6-17-7-9(2)12(8)18-14(20)19-25(22,23)11-5-10(13(16)24-11)15(3,4)21/h5-7,21H,1-4H3,(H2,17,18,19,20). The molecule has 0 fully saturated rings. The molecule has 0 bridgehead atoms. The number of rotatable bonds is 4. The summed E-state index contributed by atoms with van der Waals surface area (Å²) in [5.74, 6) is 0. The van der Waals surface area contributed by atoms with Crippen molar-refractivity contribution in [3.05, 3.63) is 40.4 Å². The Morgan fingerprint density at radius 2 is 1.84 bits per heavy atom. The molecule has 0 aliphatic rings. The fourth-order valence-corrected chi connectivity index (χ4v) is 3.38. The van der Waals surface area contributed by atoms with E-state index in [9.17, 15) is 18.3 Å². The lowest BCUT2D eigenvalue weighted by Gasteiger charge is -2.14. The van der Waals surface area contributed by atoms with Crippen LogP contribution in [0.1, 0.15) is 30.5 Å². The third-order valence-corrected chi connectivity index (χ3v) is 4.84. The van der Waals surface area contributed by atoms with E-state index in [0.29, 0.717) is 16.8 Å². The fourth-order valence-electron chi connectivity index (χ4n) is 2.11. The number of urea groups is 1. The predicted octanol–water partition coefficient (Wildman–Crippen LogP) is 2.68. The molecular formula is C15H18ClN3O5S. The van der Waals surface area contributed by atoms with E-state index >= 15 is 0 Å². The Morgan fingerprint density at radius 1 is 1.28 bits per heavy atom. The lowest BCUT2D eigenvalue weighted by Crippen LogP contribution is -2.34. The molecule has 2 amide bonds. The maximum atomic E-state index is 12.3. The summed E-state index contributed by atoms with van der Waals surface area (Å²) in [5.41, 5.74) is 0.506. The highest BCUT2D eigenvalue weighted by Crippen LogP contribution is 2.32. The number of carbonyl (C=O) groups excluding carboxylic acids is 1. The molecule has 0 radical (unpaired) electrons. The summed E-state index contributed by atoms with van der Waals surface area (Å²) in [4.78, 5) is 16.0. The highest BCUT2D eigenvalue weighted by atomic mass is 35.5. The van der Waals surface area contributed by atoms with Crippen LogP contribution >= 0.6 is 11.6 Å². The van der Waals surface area contributed by atoms with Gasteiger partial charge in [0, 0.05) is 24.0 Å². The smallest absolute Gasteiger partial charge is 0.333 e. The number of furan rings is 1. The van der Waals surface area contributed by atoms with Crippen molar-refractivity contribution in [1.82, 2.24) is 9.71 Å². The van der Waals surface area contributed by atoms with Gasteiger partial charge in [0.05, 0.1) is 11.3 Å². The Bertz CT molecular complexity index is 895. The number of sulfonamides is 1. The van der Waals surface area contributed by atoms with Gasteiger partial charge in [0.2, 0.25) is 10.3 Å². The maximum Gasteiger partial charge on any atom is 0.333 e. The molecule has 2 rings (SSSR count). The first-order valence-electron chi connectivity index (χ1n) is 7.19. The highest BCUT2D eigenvalue weighted by molar-refractivity contribution is 7.89. The lowest BCUT2D eigenvalue weighted by atomic mass is 10.0. The molecule has 0 aliphatic carbocycles. The summed E-state index contributed by atoms with van der Waals surface area (Å²) >= 11 is 5.82. The lowest BCUT2D eigenvalue weighted by molar-refractivity contribution is 0.0781. The molecule has 0 aromatic carbocycles. The molecule has 2 aromatic rings. The quantitative estimate of drug-likeness (QED) is 0.741. The average Bonchev–Trinajstić information content (AvgIpc) is 2.85. The minimum absolute atomic E-state index is 0.0933. The van der Waals surface area contributed by atoms with Gasteiger partial charge < -0.3 is 14.8 Å². The van der Waals surface area contributed by atoms with Gasteiger partial charge in [-0.05, 0) is 50.4 Å². The van der Waals surface area contributed by atoms with E-state index in [2.05, 4.69) is 10.3 Å². The fraction of sp³-hybridized carbons (Fsp3) is 0.333. The SMILES string of the molecule is Cc1cncc(C)c1NC(=O)NS(=O)(=O)c1cc(C(C)(C)O)c(Cl)o1. The Labute approximate surface area is 150 Å². The van der Waals surface area contributed by atoms with Crippen LogP contribution in [0.4, 0.5) is 10.5 Å². The average molecular weight is 388 g/mol. The van der Waals surface area contributed by atoms with Gasteiger partial charge in [-0.2, -0.15) is 8.42 Å². The van der Waals surface area contributed by atoms with Crippen LogP contribution in [0, 0.1) is 13.8 Å². The second kappa shape index (κ2) is 6.66. The Hall–Kier alpha value is -2.10. The molecule has 25 heavy (non-hydrogen) atoms. The maximum absolute atomic E-state index is 12.3. The van der Waals surface area contributed by atoms with Crippen molar-refractivity contribution in [1.29, 1.82) is 0 Å². The van der Waals surface area contributed by atoms with Crippen LogP contribution in [0.5, 0.6) is 0 Å². The summed E-state index contributed by atoms with van der Waals surface area (Å²) in [6.07, 6.45) is 3.08. The van der Waals surface area contributed by atoms with Crippen LogP contribution in [-0.4, -0.2) is 24.5 Å². The van der Waals surface area contributed by atoms with Crippen molar-refractivity contribution >= 4 is 33.3 Å². The second-order valence-corrected chi connectivity index (χ2v) is 7.98. The molecule has 2 heterocycles. The molecule has 8 nitrogen and oxygen atoms in total. The van der Waals surface area contributed by atoms with Crippen molar-refractivity contribution in [3.8, 4) is 0 Å². The third kappa shape index (κ3) is 4.30.